The Morgan fingerprint density at radius 3 is 3.08 bits per heavy atom. The number of aryl methyl sites for hydroxylation is 1. The first kappa shape index (κ1) is 8.51. The second-order valence-corrected chi connectivity index (χ2v) is 3.72. The van der Waals surface area contributed by atoms with Crippen molar-refractivity contribution >= 4 is 6.08 Å². The minimum absolute atomic E-state index is 0.370. The molecule has 0 radical (unpaired) electrons. The van der Waals surface area contributed by atoms with Gasteiger partial charge in [0.05, 0.1) is 5.69 Å². The molecular weight excluding hydrogens is 162 g/mol. The zero-order chi connectivity index (χ0) is 9.26. The summed E-state index contributed by atoms with van der Waals surface area (Å²) >= 11 is 0. The molecule has 1 heterocycles. The van der Waals surface area contributed by atoms with Crippen LogP contribution >= 0.6 is 0 Å². The number of hydrogen-bond acceptors (Lipinski definition) is 2. The van der Waals surface area contributed by atoms with Crippen LogP contribution in [0.5, 0.6) is 0 Å². The topological polar surface area (TPSA) is 43.8 Å². The van der Waals surface area contributed by atoms with Crippen LogP contribution < -0.4 is 5.73 Å². The van der Waals surface area contributed by atoms with E-state index in [1.807, 2.05) is 24.0 Å². The number of hydrogen-bond donors (Lipinski definition) is 1. The van der Waals surface area contributed by atoms with Crippen LogP contribution in [0.4, 0.5) is 0 Å². The molecule has 1 aromatic rings. The van der Waals surface area contributed by atoms with E-state index in [4.69, 9.17) is 5.73 Å². The molecule has 3 heteroatoms. The van der Waals surface area contributed by atoms with Crippen molar-refractivity contribution in [3.8, 4) is 0 Å². The van der Waals surface area contributed by atoms with Crippen molar-refractivity contribution in [1.29, 1.82) is 0 Å². The average Bonchev–Trinajstić information content (AvgIpc) is 2.62. The maximum absolute atomic E-state index is 5.82. The molecule has 0 aromatic carbocycles. The first-order valence-corrected chi connectivity index (χ1v) is 4.69. The van der Waals surface area contributed by atoms with Gasteiger partial charge in [-0.2, -0.15) is 5.10 Å². The van der Waals surface area contributed by atoms with E-state index in [0.717, 1.165) is 25.0 Å². The largest absolute Gasteiger partial charge is 0.327 e. The van der Waals surface area contributed by atoms with E-state index >= 15 is 0 Å². The Hall–Kier alpha value is -1.09. The van der Waals surface area contributed by atoms with Crippen molar-refractivity contribution in [2.75, 3.05) is 0 Å². The second kappa shape index (κ2) is 3.34. The Labute approximate surface area is 78.2 Å². The molecule has 1 atom stereocenters. The fraction of sp³-hybridized carbons (Fsp3) is 0.500. The van der Waals surface area contributed by atoms with Gasteiger partial charge in [0.1, 0.15) is 0 Å². The number of nitrogens with zero attached hydrogens (tertiary/aromatic N) is 2. The molecule has 1 aliphatic carbocycles. The van der Waals surface area contributed by atoms with Gasteiger partial charge in [0.15, 0.2) is 0 Å². The molecule has 1 aromatic heterocycles. The molecule has 0 aliphatic heterocycles. The number of rotatable bonds is 1. The van der Waals surface area contributed by atoms with Gasteiger partial charge in [-0.1, -0.05) is 5.57 Å². The predicted octanol–water partition coefficient (Wildman–Crippen LogP) is 1.31. The summed E-state index contributed by atoms with van der Waals surface area (Å²) in [4.78, 5) is 0. The molecule has 13 heavy (non-hydrogen) atoms. The first-order valence-electron chi connectivity index (χ1n) is 4.69. The van der Waals surface area contributed by atoms with E-state index in [1.165, 1.54) is 5.57 Å². The molecule has 1 aliphatic rings. The highest BCUT2D eigenvalue weighted by molar-refractivity contribution is 5.49. The van der Waals surface area contributed by atoms with Gasteiger partial charge in [-0.25, -0.2) is 0 Å². The van der Waals surface area contributed by atoms with Crippen LogP contribution in [0, 0.1) is 0 Å². The van der Waals surface area contributed by atoms with Crippen LogP contribution in [0.15, 0.2) is 17.8 Å². The first-order chi connectivity index (χ1) is 6.24. The van der Waals surface area contributed by atoms with E-state index in [9.17, 15) is 0 Å². The van der Waals surface area contributed by atoms with Gasteiger partial charge < -0.3 is 5.73 Å². The Kier molecular flexibility index (Phi) is 2.19. The van der Waals surface area contributed by atoms with Crippen LogP contribution in [0.1, 0.15) is 25.0 Å². The third kappa shape index (κ3) is 1.98. The minimum atomic E-state index is 0.370. The highest BCUT2D eigenvalue weighted by Gasteiger charge is 2.14. The quantitative estimate of drug-likeness (QED) is 0.703. The lowest BCUT2D eigenvalue weighted by Crippen LogP contribution is -2.13. The average molecular weight is 177 g/mol. The minimum Gasteiger partial charge on any atom is -0.327 e. The fourth-order valence-corrected chi connectivity index (χ4v) is 1.76. The zero-order valence-corrected chi connectivity index (χ0v) is 7.90. The molecule has 0 saturated heterocycles. The monoisotopic (exact) mass is 177 g/mol. The van der Waals surface area contributed by atoms with Crippen LogP contribution in [0.2, 0.25) is 0 Å². The lowest BCUT2D eigenvalue weighted by atomic mass is 10.2. The van der Waals surface area contributed by atoms with Crippen molar-refractivity contribution in [1.82, 2.24) is 9.78 Å². The second-order valence-electron chi connectivity index (χ2n) is 3.72. The van der Waals surface area contributed by atoms with Crippen molar-refractivity contribution in [3.05, 3.63) is 23.5 Å². The van der Waals surface area contributed by atoms with Gasteiger partial charge >= 0.3 is 0 Å². The number of aromatic nitrogens is 2. The Morgan fingerprint density at radius 2 is 2.54 bits per heavy atom. The van der Waals surface area contributed by atoms with E-state index in [0.29, 0.717) is 6.04 Å². The van der Waals surface area contributed by atoms with Gasteiger partial charge in [0, 0.05) is 19.3 Å². The summed E-state index contributed by atoms with van der Waals surface area (Å²) in [6.45, 7) is 0. The summed E-state index contributed by atoms with van der Waals surface area (Å²) in [7, 11) is 1.93. The van der Waals surface area contributed by atoms with E-state index in [1.54, 1.807) is 0 Å². The Bertz CT molecular complexity index is 325. The summed E-state index contributed by atoms with van der Waals surface area (Å²) in [6.07, 6.45) is 7.42. The molecule has 2 N–H and O–H groups in total. The van der Waals surface area contributed by atoms with Crippen molar-refractivity contribution < 1.29 is 0 Å². The van der Waals surface area contributed by atoms with Gasteiger partial charge in [-0.15, -0.1) is 0 Å². The highest BCUT2D eigenvalue weighted by Crippen LogP contribution is 2.24. The summed E-state index contributed by atoms with van der Waals surface area (Å²) in [6, 6.07) is 2.39. The Balaban J connectivity index is 2.12. The highest BCUT2D eigenvalue weighted by atomic mass is 15.2. The smallest absolute Gasteiger partial charge is 0.0850 e. The Morgan fingerprint density at radius 1 is 1.69 bits per heavy atom. The van der Waals surface area contributed by atoms with Crippen LogP contribution in [-0.4, -0.2) is 15.8 Å². The molecule has 2 rings (SSSR count). The molecule has 0 amide bonds. The molecule has 1 fully saturated rings. The molecule has 3 nitrogen and oxygen atoms in total. The van der Waals surface area contributed by atoms with Gasteiger partial charge in [0.25, 0.3) is 0 Å². The fourth-order valence-electron chi connectivity index (χ4n) is 1.76. The maximum atomic E-state index is 5.82. The molecular formula is C10H15N3. The van der Waals surface area contributed by atoms with E-state index in [2.05, 4.69) is 11.2 Å². The van der Waals surface area contributed by atoms with Crippen LogP contribution in [0.25, 0.3) is 6.08 Å². The summed E-state index contributed by atoms with van der Waals surface area (Å²) in [5.41, 5.74) is 8.30. The standard InChI is InChI=1S/C10H15N3/c1-13-5-4-10(12-13)7-8-2-3-9(11)6-8/h4-5,7,9H,2-3,6,11H2,1H3/b8-7-. The molecule has 0 spiro atoms. The normalized spacial score (nSPS) is 25.7. The maximum Gasteiger partial charge on any atom is 0.0850 e. The van der Waals surface area contributed by atoms with Crippen LogP contribution in [-0.2, 0) is 7.05 Å². The van der Waals surface area contributed by atoms with Crippen molar-refractivity contribution in [2.45, 2.75) is 25.3 Å². The summed E-state index contributed by atoms with van der Waals surface area (Å²) in [5, 5.41) is 4.30. The SMILES string of the molecule is Cn1ccc(/C=C2/CCC(N)C2)n1. The summed E-state index contributed by atoms with van der Waals surface area (Å²) in [5.74, 6) is 0. The molecule has 0 bridgehead atoms. The molecule has 70 valence electrons. The van der Waals surface area contributed by atoms with Crippen molar-refractivity contribution in [2.24, 2.45) is 12.8 Å². The summed E-state index contributed by atoms with van der Waals surface area (Å²) < 4.78 is 1.82. The van der Waals surface area contributed by atoms with Crippen molar-refractivity contribution in [3.63, 3.8) is 0 Å². The van der Waals surface area contributed by atoms with E-state index in [-0.39, 0.29) is 0 Å². The third-order valence-corrected chi connectivity index (χ3v) is 2.45. The lowest BCUT2D eigenvalue weighted by Gasteiger charge is -1.95. The molecule has 1 unspecified atom stereocenters. The van der Waals surface area contributed by atoms with Crippen LogP contribution in [0.3, 0.4) is 0 Å². The predicted molar refractivity (Wildman–Crippen MR) is 53.0 cm³/mol. The van der Waals surface area contributed by atoms with Gasteiger partial charge in [0.2, 0.25) is 0 Å². The number of nitrogens with two attached hydrogens (primary N) is 1. The van der Waals surface area contributed by atoms with Gasteiger partial charge in [-0.3, -0.25) is 4.68 Å². The molecule has 1 saturated carbocycles. The third-order valence-electron chi connectivity index (χ3n) is 2.45. The van der Waals surface area contributed by atoms with Gasteiger partial charge in [-0.05, 0) is 31.4 Å². The van der Waals surface area contributed by atoms with E-state index < -0.39 is 0 Å². The zero-order valence-electron chi connectivity index (χ0n) is 7.90. The lowest BCUT2D eigenvalue weighted by molar-refractivity contribution is 0.711.